The SMILES string of the molecule is FC(F)(F)c1ccc2c(c1)Nc1ccccc1O2.OC1CCOCC1O. The highest BCUT2D eigenvalue weighted by atomic mass is 19.4. The second-order valence-corrected chi connectivity index (χ2v) is 5.93. The summed E-state index contributed by atoms with van der Waals surface area (Å²) in [5.74, 6) is 0.992. The maximum absolute atomic E-state index is 12.6. The number of rotatable bonds is 0. The van der Waals surface area contributed by atoms with E-state index in [0.29, 0.717) is 35.9 Å². The highest BCUT2D eigenvalue weighted by Gasteiger charge is 2.32. The first-order valence-corrected chi connectivity index (χ1v) is 8.03. The summed E-state index contributed by atoms with van der Waals surface area (Å²) in [4.78, 5) is 0. The minimum Gasteiger partial charge on any atom is -0.453 e. The molecular formula is C18H18F3NO4. The molecule has 0 bridgehead atoms. The van der Waals surface area contributed by atoms with E-state index in [4.69, 9.17) is 19.7 Å². The number of aliphatic hydroxyl groups excluding tert-OH is 2. The summed E-state index contributed by atoms with van der Waals surface area (Å²) in [6.07, 6.45) is -5.03. The number of nitrogens with one attached hydrogen (secondary N) is 1. The van der Waals surface area contributed by atoms with Gasteiger partial charge in [0.1, 0.15) is 6.10 Å². The van der Waals surface area contributed by atoms with Crippen molar-refractivity contribution >= 4 is 11.4 Å². The summed E-state index contributed by atoms with van der Waals surface area (Å²) in [5.41, 5.74) is 0.282. The predicted molar refractivity (Wildman–Crippen MR) is 88.7 cm³/mol. The third-order valence-corrected chi connectivity index (χ3v) is 3.97. The van der Waals surface area contributed by atoms with Crippen molar-refractivity contribution in [1.82, 2.24) is 0 Å². The van der Waals surface area contributed by atoms with Crippen LogP contribution in [0, 0.1) is 0 Å². The van der Waals surface area contributed by atoms with Crippen molar-refractivity contribution in [2.75, 3.05) is 18.5 Å². The van der Waals surface area contributed by atoms with Crippen LogP contribution in [0.15, 0.2) is 42.5 Å². The first-order chi connectivity index (χ1) is 12.3. The lowest BCUT2D eigenvalue weighted by atomic mass is 10.1. The molecule has 0 spiro atoms. The predicted octanol–water partition coefficient (Wildman–Crippen LogP) is 3.68. The van der Waals surface area contributed by atoms with Crippen LogP contribution in [0.4, 0.5) is 24.5 Å². The minimum atomic E-state index is -4.35. The Morgan fingerprint density at radius 1 is 0.962 bits per heavy atom. The normalized spacial score (nSPS) is 21.3. The Hall–Kier alpha value is -2.29. The average molecular weight is 369 g/mol. The molecule has 5 nitrogen and oxygen atoms in total. The molecule has 3 N–H and O–H groups in total. The molecule has 2 aliphatic heterocycles. The zero-order valence-corrected chi connectivity index (χ0v) is 13.7. The van der Waals surface area contributed by atoms with Gasteiger partial charge in [0.25, 0.3) is 0 Å². The van der Waals surface area contributed by atoms with Crippen molar-refractivity contribution in [2.24, 2.45) is 0 Å². The van der Waals surface area contributed by atoms with Gasteiger partial charge in [-0.1, -0.05) is 12.1 Å². The van der Waals surface area contributed by atoms with Crippen LogP contribution in [0.25, 0.3) is 0 Å². The van der Waals surface area contributed by atoms with Crippen molar-refractivity contribution in [3.63, 3.8) is 0 Å². The van der Waals surface area contributed by atoms with Gasteiger partial charge in [-0.25, -0.2) is 0 Å². The van der Waals surface area contributed by atoms with E-state index in [1.54, 1.807) is 24.3 Å². The van der Waals surface area contributed by atoms with E-state index < -0.39 is 23.9 Å². The van der Waals surface area contributed by atoms with Crippen molar-refractivity contribution < 1.29 is 32.9 Å². The van der Waals surface area contributed by atoms with Crippen molar-refractivity contribution in [3.05, 3.63) is 48.0 Å². The van der Waals surface area contributed by atoms with Crippen LogP contribution in [0.3, 0.4) is 0 Å². The van der Waals surface area contributed by atoms with E-state index in [1.807, 2.05) is 0 Å². The Kier molecular flexibility index (Phi) is 5.36. The summed E-state index contributed by atoms with van der Waals surface area (Å²) >= 11 is 0. The van der Waals surface area contributed by atoms with E-state index in [2.05, 4.69) is 5.32 Å². The second-order valence-electron chi connectivity index (χ2n) is 5.93. The zero-order chi connectivity index (χ0) is 18.7. The first kappa shape index (κ1) is 18.5. The van der Waals surface area contributed by atoms with Crippen molar-refractivity contribution in [3.8, 4) is 11.5 Å². The molecule has 0 radical (unpaired) electrons. The zero-order valence-electron chi connectivity index (χ0n) is 13.7. The minimum absolute atomic E-state index is 0.279. The Bertz CT molecular complexity index is 756. The average Bonchev–Trinajstić information content (AvgIpc) is 2.62. The van der Waals surface area contributed by atoms with Gasteiger partial charge in [-0.15, -0.1) is 0 Å². The number of para-hydroxylation sites is 2. The number of halogens is 3. The van der Waals surface area contributed by atoms with Crippen LogP contribution in [0.2, 0.25) is 0 Å². The number of ether oxygens (including phenoxy) is 2. The standard InChI is InChI=1S/C13H8F3NO.C5H10O3/c14-13(15,16)8-5-6-12-10(7-8)17-9-3-1-2-4-11(9)18-12;6-4-1-2-8-3-5(4)7/h1-7,17H;4-7H,1-3H2. The number of anilines is 2. The molecule has 0 aromatic heterocycles. The van der Waals surface area contributed by atoms with E-state index in [1.165, 1.54) is 6.07 Å². The summed E-state index contributed by atoms with van der Waals surface area (Å²) in [6.45, 7) is 0.847. The van der Waals surface area contributed by atoms with Crippen LogP contribution in [0.1, 0.15) is 12.0 Å². The summed E-state index contributed by atoms with van der Waals surface area (Å²) in [6, 6.07) is 10.5. The molecular weight excluding hydrogens is 351 g/mol. The van der Waals surface area contributed by atoms with Gasteiger partial charge in [0, 0.05) is 6.61 Å². The lowest BCUT2D eigenvalue weighted by Gasteiger charge is -2.22. The van der Waals surface area contributed by atoms with Gasteiger partial charge in [0.2, 0.25) is 0 Å². The van der Waals surface area contributed by atoms with E-state index in [0.717, 1.165) is 12.1 Å². The summed E-state index contributed by atoms with van der Waals surface area (Å²) < 4.78 is 48.1. The second kappa shape index (κ2) is 7.53. The lowest BCUT2D eigenvalue weighted by Crippen LogP contribution is -2.36. The lowest BCUT2D eigenvalue weighted by molar-refractivity contribution is -0.137. The molecule has 140 valence electrons. The number of benzene rings is 2. The molecule has 2 unspecified atom stereocenters. The van der Waals surface area contributed by atoms with E-state index in [9.17, 15) is 13.2 Å². The number of hydrogen-bond donors (Lipinski definition) is 3. The van der Waals surface area contributed by atoms with E-state index in [-0.39, 0.29) is 6.61 Å². The van der Waals surface area contributed by atoms with Crippen molar-refractivity contribution in [2.45, 2.75) is 24.8 Å². The number of aliphatic hydroxyl groups is 2. The molecule has 8 heteroatoms. The molecule has 2 aromatic carbocycles. The molecule has 2 aromatic rings. The molecule has 1 saturated heterocycles. The van der Waals surface area contributed by atoms with Gasteiger partial charge in [0.05, 0.1) is 29.6 Å². The van der Waals surface area contributed by atoms with Gasteiger partial charge >= 0.3 is 6.18 Å². The number of hydrogen-bond acceptors (Lipinski definition) is 5. The summed E-state index contributed by atoms with van der Waals surface area (Å²) in [5, 5.41) is 20.6. The van der Waals surface area contributed by atoms with Gasteiger partial charge in [0.15, 0.2) is 11.5 Å². The molecule has 2 atom stereocenters. The number of alkyl halides is 3. The van der Waals surface area contributed by atoms with Gasteiger partial charge < -0.3 is 25.0 Å². The third-order valence-electron chi connectivity index (χ3n) is 3.97. The largest absolute Gasteiger partial charge is 0.453 e. The Labute approximate surface area is 148 Å². The van der Waals surface area contributed by atoms with Crippen LogP contribution in [-0.4, -0.2) is 35.6 Å². The highest BCUT2D eigenvalue weighted by Crippen LogP contribution is 2.43. The molecule has 4 rings (SSSR count). The first-order valence-electron chi connectivity index (χ1n) is 8.03. The molecule has 2 aliphatic rings. The monoisotopic (exact) mass is 369 g/mol. The molecule has 2 heterocycles. The topological polar surface area (TPSA) is 71.0 Å². The molecule has 0 amide bonds. The van der Waals surface area contributed by atoms with Crippen molar-refractivity contribution in [1.29, 1.82) is 0 Å². The fourth-order valence-corrected chi connectivity index (χ4v) is 2.53. The van der Waals surface area contributed by atoms with Gasteiger partial charge in [-0.05, 0) is 36.8 Å². The maximum atomic E-state index is 12.6. The summed E-state index contributed by atoms with van der Waals surface area (Å²) in [7, 11) is 0. The third kappa shape index (κ3) is 4.27. The maximum Gasteiger partial charge on any atom is 0.416 e. The highest BCUT2D eigenvalue weighted by molar-refractivity contribution is 5.75. The molecule has 1 fully saturated rings. The van der Waals surface area contributed by atoms with E-state index >= 15 is 0 Å². The quantitative estimate of drug-likeness (QED) is 0.564. The van der Waals surface area contributed by atoms with Crippen LogP contribution < -0.4 is 10.1 Å². The molecule has 0 saturated carbocycles. The fraction of sp³-hybridized carbons (Fsp3) is 0.333. The Morgan fingerprint density at radius 3 is 2.35 bits per heavy atom. The van der Waals surface area contributed by atoms with Crippen LogP contribution in [-0.2, 0) is 10.9 Å². The smallest absolute Gasteiger partial charge is 0.416 e. The Balaban J connectivity index is 0.000000206. The Morgan fingerprint density at radius 2 is 1.69 bits per heavy atom. The van der Waals surface area contributed by atoms with Crippen LogP contribution in [0.5, 0.6) is 11.5 Å². The molecule has 0 aliphatic carbocycles. The fourth-order valence-electron chi connectivity index (χ4n) is 2.53. The van der Waals surface area contributed by atoms with Gasteiger partial charge in [-0.2, -0.15) is 13.2 Å². The molecule has 26 heavy (non-hydrogen) atoms. The van der Waals surface area contributed by atoms with Gasteiger partial charge in [-0.3, -0.25) is 0 Å². The van der Waals surface area contributed by atoms with Crippen LogP contribution >= 0.6 is 0 Å². The number of fused-ring (bicyclic) bond motifs is 2.